The molecule has 3 nitrogen and oxygen atoms in total. The van der Waals surface area contributed by atoms with Crippen LogP contribution in [0.25, 0.3) is 5.57 Å². The minimum atomic E-state index is 0.280. The van der Waals surface area contributed by atoms with Crippen LogP contribution in [0.15, 0.2) is 40.9 Å². The predicted molar refractivity (Wildman–Crippen MR) is 85.4 cm³/mol. The largest absolute Gasteiger partial charge is 0.344 e. The second kappa shape index (κ2) is 5.96. The summed E-state index contributed by atoms with van der Waals surface area (Å²) >= 11 is 9.61. The van der Waals surface area contributed by atoms with E-state index in [4.69, 9.17) is 11.6 Å². The quantitative estimate of drug-likeness (QED) is 0.829. The smallest absolute Gasteiger partial charge is 0.149 e. The topological polar surface area (TPSA) is 52.5 Å². The Morgan fingerprint density at radius 1 is 1.45 bits per heavy atom. The highest BCUT2D eigenvalue weighted by Crippen LogP contribution is 2.53. The number of rotatable bonds is 2. The number of imidazole rings is 1. The monoisotopic (exact) mass is 319 g/mol. The molecule has 1 fully saturated rings. The summed E-state index contributed by atoms with van der Waals surface area (Å²) in [4.78, 5) is 7.15. The standard InChI is InChI=1S/C14H10ClN3S2/c15-11-4-2-1-3-9(11)12-8-19-14(20-12)10(7-16)13-17-5-6-18-13/h1-6,12H,8H2,(H,17,18)/t12-/m0/s1. The molecule has 1 aromatic heterocycles. The van der Waals surface area contributed by atoms with Gasteiger partial charge in [-0.25, -0.2) is 4.98 Å². The Kier molecular flexibility index (Phi) is 4.06. The van der Waals surface area contributed by atoms with Crippen molar-refractivity contribution in [3.8, 4) is 6.07 Å². The number of hydrogen-bond acceptors (Lipinski definition) is 4. The van der Waals surface area contributed by atoms with Crippen molar-refractivity contribution < 1.29 is 0 Å². The van der Waals surface area contributed by atoms with Crippen molar-refractivity contribution in [1.82, 2.24) is 9.97 Å². The van der Waals surface area contributed by atoms with Crippen LogP contribution in [0.4, 0.5) is 0 Å². The van der Waals surface area contributed by atoms with Crippen molar-refractivity contribution in [2.24, 2.45) is 0 Å². The van der Waals surface area contributed by atoms with E-state index >= 15 is 0 Å². The van der Waals surface area contributed by atoms with Crippen molar-refractivity contribution in [3.05, 3.63) is 57.3 Å². The number of halogens is 1. The van der Waals surface area contributed by atoms with Crippen molar-refractivity contribution in [2.45, 2.75) is 5.25 Å². The normalized spacial score (nSPS) is 20.7. The molecule has 0 saturated carbocycles. The number of allylic oxidation sites excluding steroid dienone is 1. The molecule has 0 aliphatic carbocycles. The third-order valence-electron chi connectivity index (χ3n) is 2.92. The summed E-state index contributed by atoms with van der Waals surface area (Å²) in [6.45, 7) is 0. The van der Waals surface area contributed by atoms with Gasteiger partial charge < -0.3 is 4.98 Å². The molecule has 1 aliphatic heterocycles. The third-order valence-corrected chi connectivity index (χ3v) is 6.21. The van der Waals surface area contributed by atoms with Crippen LogP contribution in [0.3, 0.4) is 0 Å². The van der Waals surface area contributed by atoms with E-state index in [1.165, 1.54) is 0 Å². The SMILES string of the molecule is N#CC(=C1SC[C@@H](c2ccccc2Cl)S1)c1ncc[nH]1. The number of hydrogen-bond donors (Lipinski definition) is 1. The first kappa shape index (κ1) is 13.6. The number of H-pyrrole nitrogens is 1. The van der Waals surface area contributed by atoms with Crippen LogP contribution in [0.1, 0.15) is 16.6 Å². The molecule has 1 saturated heterocycles. The van der Waals surface area contributed by atoms with Crippen molar-refractivity contribution in [2.75, 3.05) is 5.75 Å². The van der Waals surface area contributed by atoms with Gasteiger partial charge in [0, 0.05) is 28.4 Å². The molecule has 0 spiro atoms. The first-order chi connectivity index (χ1) is 9.79. The molecular formula is C14H10ClN3S2. The van der Waals surface area contributed by atoms with Gasteiger partial charge in [0.2, 0.25) is 0 Å². The summed E-state index contributed by atoms with van der Waals surface area (Å²) < 4.78 is 1.01. The Balaban J connectivity index is 1.90. The zero-order chi connectivity index (χ0) is 13.9. The molecule has 6 heteroatoms. The van der Waals surface area contributed by atoms with E-state index in [2.05, 4.69) is 16.0 Å². The van der Waals surface area contributed by atoms with Gasteiger partial charge >= 0.3 is 0 Å². The van der Waals surface area contributed by atoms with Gasteiger partial charge in [0.25, 0.3) is 0 Å². The highest BCUT2D eigenvalue weighted by atomic mass is 35.5. The maximum Gasteiger partial charge on any atom is 0.149 e. The Labute approximate surface area is 130 Å². The Hall–Kier alpha value is -1.35. The number of nitriles is 1. The minimum Gasteiger partial charge on any atom is -0.344 e. The van der Waals surface area contributed by atoms with Gasteiger partial charge in [0.15, 0.2) is 0 Å². The number of aromatic nitrogens is 2. The summed E-state index contributed by atoms with van der Waals surface area (Å²) in [5, 5.41) is 10.4. The fourth-order valence-corrected chi connectivity index (χ4v) is 5.22. The van der Waals surface area contributed by atoms with Crippen LogP contribution in [-0.4, -0.2) is 15.7 Å². The van der Waals surface area contributed by atoms with E-state index in [1.54, 1.807) is 35.9 Å². The number of nitrogens with zero attached hydrogens (tertiary/aromatic N) is 2. The van der Waals surface area contributed by atoms with Gasteiger partial charge in [-0.2, -0.15) is 5.26 Å². The van der Waals surface area contributed by atoms with Gasteiger partial charge in [-0.1, -0.05) is 29.8 Å². The zero-order valence-corrected chi connectivity index (χ0v) is 12.7. The molecule has 0 radical (unpaired) electrons. The first-order valence-corrected chi connectivity index (χ1v) is 8.22. The Bertz CT molecular complexity index is 689. The average molecular weight is 320 g/mol. The summed E-state index contributed by atoms with van der Waals surface area (Å²) in [6, 6.07) is 10.1. The summed E-state index contributed by atoms with van der Waals surface area (Å²) in [6.07, 6.45) is 3.38. The van der Waals surface area contributed by atoms with E-state index in [0.717, 1.165) is 20.6 Å². The van der Waals surface area contributed by atoms with Crippen molar-refractivity contribution in [1.29, 1.82) is 5.26 Å². The second-order valence-electron chi connectivity index (χ2n) is 4.15. The predicted octanol–water partition coefficient (Wildman–Crippen LogP) is 4.48. The number of aromatic amines is 1. The highest BCUT2D eigenvalue weighted by molar-refractivity contribution is 8.25. The van der Waals surface area contributed by atoms with Crippen LogP contribution in [-0.2, 0) is 0 Å². The van der Waals surface area contributed by atoms with Crippen LogP contribution < -0.4 is 0 Å². The average Bonchev–Trinajstić information content (AvgIpc) is 3.12. The van der Waals surface area contributed by atoms with Gasteiger partial charge in [-0.3, -0.25) is 0 Å². The van der Waals surface area contributed by atoms with Crippen molar-refractivity contribution >= 4 is 40.7 Å². The van der Waals surface area contributed by atoms with E-state index < -0.39 is 0 Å². The molecule has 1 aliphatic rings. The Morgan fingerprint density at radius 2 is 2.30 bits per heavy atom. The number of nitrogens with one attached hydrogen (secondary N) is 1. The van der Waals surface area contributed by atoms with Gasteiger partial charge in [-0.05, 0) is 11.6 Å². The zero-order valence-electron chi connectivity index (χ0n) is 10.3. The van der Waals surface area contributed by atoms with Crippen LogP contribution in [0, 0.1) is 11.3 Å². The molecule has 1 aromatic carbocycles. The lowest BCUT2D eigenvalue weighted by Gasteiger charge is -2.09. The van der Waals surface area contributed by atoms with Crippen LogP contribution in [0.2, 0.25) is 5.02 Å². The molecule has 2 heterocycles. The number of thioether (sulfide) groups is 2. The van der Waals surface area contributed by atoms with E-state index in [9.17, 15) is 5.26 Å². The van der Waals surface area contributed by atoms with Crippen LogP contribution >= 0.6 is 35.1 Å². The fourth-order valence-electron chi connectivity index (χ4n) is 1.97. The van der Waals surface area contributed by atoms with Crippen molar-refractivity contribution in [3.63, 3.8) is 0 Å². The van der Waals surface area contributed by atoms with Gasteiger partial charge in [0.1, 0.15) is 17.5 Å². The lowest BCUT2D eigenvalue weighted by atomic mass is 10.2. The fraction of sp³-hybridized carbons (Fsp3) is 0.143. The minimum absolute atomic E-state index is 0.280. The Morgan fingerprint density at radius 3 is 3.00 bits per heavy atom. The van der Waals surface area contributed by atoms with Gasteiger partial charge in [0.05, 0.1) is 4.24 Å². The lowest BCUT2D eigenvalue weighted by Crippen LogP contribution is -1.92. The molecule has 2 aromatic rings. The molecule has 20 heavy (non-hydrogen) atoms. The lowest BCUT2D eigenvalue weighted by molar-refractivity contribution is 1.13. The summed E-state index contributed by atoms with van der Waals surface area (Å²) in [5.41, 5.74) is 1.73. The van der Waals surface area contributed by atoms with Gasteiger partial charge in [-0.15, -0.1) is 23.5 Å². The molecule has 0 amide bonds. The molecule has 1 N–H and O–H groups in total. The molecule has 1 atom stereocenters. The molecule has 100 valence electrons. The summed E-state index contributed by atoms with van der Waals surface area (Å²) in [5.74, 6) is 1.54. The molecular weight excluding hydrogens is 310 g/mol. The van der Waals surface area contributed by atoms with E-state index in [0.29, 0.717) is 11.4 Å². The second-order valence-corrected chi connectivity index (χ2v) is 7.06. The maximum atomic E-state index is 9.35. The maximum absolute atomic E-state index is 9.35. The van der Waals surface area contributed by atoms with E-state index in [1.807, 2.05) is 24.3 Å². The third kappa shape index (κ3) is 2.59. The first-order valence-electron chi connectivity index (χ1n) is 5.97. The molecule has 0 unspecified atom stereocenters. The van der Waals surface area contributed by atoms with E-state index in [-0.39, 0.29) is 5.25 Å². The van der Waals surface area contributed by atoms with Crippen LogP contribution in [0.5, 0.6) is 0 Å². The molecule has 0 bridgehead atoms. The highest BCUT2D eigenvalue weighted by Gasteiger charge is 2.27. The molecule has 3 rings (SSSR count). The summed E-state index contributed by atoms with van der Waals surface area (Å²) in [7, 11) is 0. The number of benzene rings is 1.